The number of halogens is 3. The zero-order chi connectivity index (χ0) is 79.5. The monoisotopic (exact) mass is 1530 g/mol. The number of aromatic nitrogens is 2. The number of alkyl halides is 3. The van der Waals surface area contributed by atoms with Crippen molar-refractivity contribution in [2.75, 3.05) is 14.7 Å². The van der Waals surface area contributed by atoms with Gasteiger partial charge in [-0.1, -0.05) is 251 Å². The molecule has 118 heavy (non-hydrogen) atoms. The summed E-state index contributed by atoms with van der Waals surface area (Å²) >= 11 is 0. The van der Waals surface area contributed by atoms with Crippen LogP contribution in [-0.2, 0) is 11.6 Å². The molecule has 0 aliphatic heterocycles. The summed E-state index contributed by atoms with van der Waals surface area (Å²) < 4.78 is 46.1. The highest BCUT2D eigenvalue weighted by atomic mass is 19.4. The third kappa shape index (κ3) is 12.2. The second kappa shape index (κ2) is 28.4. The summed E-state index contributed by atoms with van der Waals surface area (Å²) in [7, 11) is 0. The quantitative estimate of drug-likeness (QED) is 0.107. The summed E-state index contributed by atoms with van der Waals surface area (Å²) in [6.07, 6.45) is -4.43. The molecule has 5 nitrogen and oxygen atoms in total. The van der Waals surface area contributed by atoms with Gasteiger partial charge in [-0.15, -0.1) is 0 Å². The molecular weight excluding hydrogens is 1450 g/mol. The molecule has 8 heteroatoms. The van der Waals surface area contributed by atoms with Crippen LogP contribution in [0.25, 0.3) is 142 Å². The predicted octanol–water partition coefficient (Wildman–Crippen LogP) is 31.7. The van der Waals surface area contributed by atoms with Crippen LogP contribution in [0.2, 0.25) is 0 Å². The second-order valence-electron chi connectivity index (χ2n) is 32.0. The lowest BCUT2D eigenvalue weighted by Crippen LogP contribution is -2.11. The molecule has 0 atom stereocenters. The first-order valence-corrected chi connectivity index (χ1v) is 40.3. The van der Waals surface area contributed by atoms with Gasteiger partial charge in [0.25, 0.3) is 0 Å². The van der Waals surface area contributed by atoms with Gasteiger partial charge in [-0.25, -0.2) is 0 Å². The van der Waals surface area contributed by atoms with E-state index in [2.05, 4.69) is 373 Å². The Bertz CT molecular complexity index is 7430. The second-order valence-corrected chi connectivity index (χ2v) is 32.0. The van der Waals surface area contributed by atoms with Gasteiger partial charge in [0.05, 0.1) is 27.6 Å². The first-order valence-electron chi connectivity index (χ1n) is 40.3. The van der Waals surface area contributed by atoms with E-state index < -0.39 is 11.7 Å². The Morgan fingerprint density at radius 1 is 0.237 bits per heavy atom. The fourth-order valence-electron chi connectivity index (χ4n) is 18.3. The van der Waals surface area contributed by atoms with E-state index in [9.17, 15) is 13.2 Å². The van der Waals surface area contributed by atoms with Gasteiger partial charge in [0, 0.05) is 94.9 Å². The van der Waals surface area contributed by atoms with Crippen LogP contribution in [0.1, 0.15) is 37.5 Å². The number of aryl methyl sites for hydroxylation is 1. The number of fused-ring (bicyclic) bond motifs is 8. The van der Waals surface area contributed by atoms with Crippen molar-refractivity contribution in [3.8, 4) is 33.6 Å². The molecule has 2 aromatic heterocycles. The summed E-state index contributed by atoms with van der Waals surface area (Å²) in [4.78, 5) is 6.63. The molecule has 564 valence electrons. The van der Waals surface area contributed by atoms with Crippen LogP contribution >= 0.6 is 0 Å². The SMILES string of the molecule is CC(C)(C)c1ccc2c(c1)c1cc3ccc4c(-c5ccc(N(c6ccccc6)c6ccccc6)cc5)ccc5ccc(c3c54)c1n2-c1ccccc1.Cc1ccc(N(c2ccc(C(F)(F)F)cc2)c2ccc3c(c2)c2cc4ccc5c(-c6ccc(N(c7ccccc7)c7ccccc7)cc6)ccc6ccc(c4c65)c2n3-c2ccccc2)cc1. The Labute approximate surface area is 682 Å². The van der Waals surface area contributed by atoms with Crippen LogP contribution < -0.4 is 14.7 Å². The van der Waals surface area contributed by atoms with Gasteiger partial charge in [0.1, 0.15) is 0 Å². The maximum absolute atomic E-state index is 13.8. The summed E-state index contributed by atoms with van der Waals surface area (Å²) in [5.74, 6) is 0. The van der Waals surface area contributed by atoms with Crippen LogP contribution in [0.5, 0.6) is 0 Å². The van der Waals surface area contributed by atoms with E-state index in [4.69, 9.17) is 0 Å². The molecule has 0 N–H and O–H groups in total. The molecule has 2 heterocycles. The molecule has 0 saturated heterocycles. The molecule has 0 amide bonds. The molecule has 0 aliphatic rings. The Morgan fingerprint density at radius 3 is 0.941 bits per heavy atom. The normalized spacial score (nSPS) is 12.0. The van der Waals surface area contributed by atoms with Crippen molar-refractivity contribution in [3.05, 3.63) is 417 Å². The average molecular weight is 1530 g/mol. The lowest BCUT2D eigenvalue weighted by atomic mass is 9.86. The van der Waals surface area contributed by atoms with Crippen LogP contribution in [-0.4, -0.2) is 9.13 Å². The number of hydrogen-bond donors (Lipinski definition) is 0. The maximum atomic E-state index is 13.8. The lowest BCUT2D eigenvalue weighted by Gasteiger charge is -2.26. The highest BCUT2D eigenvalue weighted by Gasteiger charge is 2.31. The zero-order valence-electron chi connectivity index (χ0n) is 65.5. The van der Waals surface area contributed by atoms with Crippen molar-refractivity contribution in [2.24, 2.45) is 0 Å². The van der Waals surface area contributed by atoms with Crippen LogP contribution in [0.3, 0.4) is 0 Å². The molecule has 0 radical (unpaired) electrons. The molecule has 0 unspecified atom stereocenters. The topological polar surface area (TPSA) is 19.6 Å². The highest BCUT2D eigenvalue weighted by Crippen LogP contribution is 2.51. The fourth-order valence-corrected chi connectivity index (χ4v) is 18.3. The minimum absolute atomic E-state index is 0.0570. The first kappa shape index (κ1) is 71.1. The van der Waals surface area contributed by atoms with Crippen molar-refractivity contribution in [1.82, 2.24) is 9.13 Å². The molecule has 0 fully saturated rings. The molecule has 0 aliphatic carbocycles. The lowest BCUT2D eigenvalue weighted by molar-refractivity contribution is -0.137. The van der Waals surface area contributed by atoms with Crippen molar-refractivity contribution in [1.29, 1.82) is 0 Å². The van der Waals surface area contributed by atoms with Crippen molar-refractivity contribution in [2.45, 2.75) is 39.3 Å². The molecule has 22 rings (SSSR count). The average Bonchev–Trinajstić information content (AvgIpc) is 1.69. The van der Waals surface area contributed by atoms with Gasteiger partial charge >= 0.3 is 6.18 Å². The van der Waals surface area contributed by atoms with Crippen molar-refractivity contribution in [3.63, 3.8) is 0 Å². The molecule has 20 aromatic carbocycles. The van der Waals surface area contributed by atoms with Crippen LogP contribution in [0.15, 0.2) is 400 Å². The standard InChI is InChI=1S/C60H40F3N3.C50H38N2/c1-39-17-26-47(27-18-39)65(49-30-24-43(25-31-49)60(61,62)63)50-32-36-56-54(38-50)55-37-42-23-34-52-51(33-21-41-22-35-53(58(42)57(41)52)59(55)66(56)46-15-9-4-10-16-46)40-19-28-48(29-20-40)64(44-11-5-2-6-12-44)45-13-7-3-8-14-45;1-50(2,3)36-24-30-46-44(32-36)45-31-35-23-28-42-41(27-21-34-22-29-43(48(35)47(34)42)49(45)52(46)39-17-11-6-12-18-39)33-19-25-40(26-20-33)51(37-13-7-4-8-14-37)38-15-9-5-10-16-38/h2-38H,1H3;4-32H,1-3H3. The van der Waals surface area contributed by atoms with E-state index in [1.165, 1.54) is 104 Å². The number of benzene rings is 20. The van der Waals surface area contributed by atoms with Gasteiger partial charge in [0.2, 0.25) is 0 Å². The number of rotatable bonds is 13. The molecular formula is C110H78F3N5. The minimum atomic E-state index is -4.43. The first-order chi connectivity index (χ1) is 57.7. The number of nitrogens with zero attached hydrogens (tertiary/aromatic N) is 5. The third-order valence-electron chi connectivity index (χ3n) is 23.8. The summed E-state index contributed by atoms with van der Waals surface area (Å²) in [6.45, 7) is 8.92. The van der Waals surface area contributed by atoms with E-state index >= 15 is 0 Å². The van der Waals surface area contributed by atoms with E-state index in [0.29, 0.717) is 5.69 Å². The molecule has 0 saturated carbocycles. The van der Waals surface area contributed by atoms with Gasteiger partial charge in [-0.2, -0.15) is 13.2 Å². The number of hydrogen-bond acceptors (Lipinski definition) is 3. The van der Waals surface area contributed by atoms with Gasteiger partial charge in [0.15, 0.2) is 0 Å². The number of para-hydroxylation sites is 6. The molecule has 22 aromatic rings. The largest absolute Gasteiger partial charge is 0.416 e. The molecule has 0 spiro atoms. The summed E-state index contributed by atoms with van der Waals surface area (Å²) in [5, 5.41) is 19.6. The maximum Gasteiger partial charge on any atom is 0.416 e. The van der Waals surface area contributed by atoms with E-state index in [0.717, 1.165) is 107 Å². The Balaban J connectivity index is 0.000000151. The summed E-state index contributed by atoms with van der Waals surface area (Å²) in [6, 6.07) is 141. The van der Waals surface area contributed by atoms with E-state index in [1.54, 1.807) is 12.1 Å². The van der Waals surface area contributed by atoms with E-state index in [1.807, 2.05) is 54.3 Å². The Morgan fingerprint density at radius 2 is 0.542 bits per heavy atom. The summed E-state index contributed by atoms with van der Waals surface area (Å²) in [5.41, 5.74) is 22.5. The van der Waals surface area contributed by atoms with Gasteiger partial charge < -0.3 is 23.8 Å². The van der Waals surface area contributed by atoms with Crippen molar-refractivity contribution < 1.29 is 13.2 Å². The predicted molar refractivity (Wildman–Crippen MR) is 492 cm³/mol. The van der Waals surface area contributed by atoms with Crippen molar-refractivity contribution >= 4 is 159 Å². The van der Waals surface area contributed by atoms with Crippen LogP contribution in [0.4, 0.5) is 64.4 Å². The van der Waals surface area contributed by atoms with Crippen LogP contribution in [0, 0.1) is 6.92 Å². The fraction of sp³-hybridized carbons (Fsp3) is 0.0545. The van der Waals surface area contributed by atoms with Gasteiger partial charge in [-0.3, -0.25) is 0 Å². The number of anilines is 9. The molecule has 0 bridgehead atoms. The zero-order valence-corrected chi connectivity index (χ0v) is 65.5. The van der Waals surface area contributed by atoms with E-state index in [-0.39, 0.29) is 5.41 Å². The Hall–Kier alpha value is -14.7. The Kier molecular flexibility index (Phi) is 17.1. The minimum Gasteiger partial charge on any atom is -0.311 e. The smallest absolute Gasteiger partial charge is 0.311 e. The third-order valence-corrected chi connectivity index (χ3v) is 23.8. The highest BCUT2D eigenvalue weighted by molar-refractivity contribution is 6.35. The van der Waals surface area contributed by atoms with Gasteiger partial charge in [-0.05, 0) is 270 Å².